The first-order chi connectivity index (χ1) is 12.4. The van der Waals surface area contributed by atoms with Gasteiger partial charge in [-0.15, -0.1) is 0 Å². The van der Waals surface area contributed by atoms with Crippen molar-refractivity contribution in [2.75, 3.05) is 0 Å². The molecule has 6 heteroatoms. The van der Waals surface area contributed by atoms with Crippen molar-refractivity contribution in [3.63, 3.8) is 0 Å². The van der Waals surface area contributed by atoms with Crippen molar-refractivity contribution >= 4 is 15.9 Å². The predicted octanol–water partition coefficient (Wildman–Crippen LogP) is 3.97. The summed E-state index contributed by atoms with van der Waals surface area (Å²) in [5, 5.41) is -0.664. The Bertz CT molecular complexity index is 849. The number of hydrogen-bond acceptors (Lipinski definition) is 4. The lowest BCUT2D eigenvalue weighted by atomic mass is 9.84. The smallest absolute Gasteiger partial charge is 0.411 e. The summed E-state index contributed by atoms with van der Waals surface area (Å²) in [5.41, 5.74) is 0.384. The zero-order chi connectivity index (χ0) is 20.1. The fourth-order valence-corrected chi connectivity index (χ4v) is 6.53. The molecule has 0 spiro atoms. The lowest BCUT2D eigenvalue weighted by molar-refractivity contribution is 0.0217. The van der Waals surface area contributed by atoms with Crippen LogP contribution in [0.25, 0.3) is 0 Å². The van der Waals surface area contributed by atoms with Crippen LogP contribution in [0.3, 0.4) is 0 Å². The normalized spacial score (nSPS) is 27.4. The van der Waals surface area contributed by atoms with E-state index in [1.807, 2.05) is 65.8 Å². The second-order valence-electron chi connectivity index (χ2n) is 8.90. The number of ether oxygens (including phenoxy) is 1. The highest BCUT2D eigenvalue weighted by Gasteiger charge is 2.58. The molecule has 0 radical (unpaired) electrons. The Hall–Kier alpha value is -1.82. The molecule has 5 nitrogen and oxygen atoms in total. The standard InChI is InChI=1S/C21H29NO4S/c1-13(2)18-16-11-12-17(22(16)20(23)26-21(4,5)6)19(18)27(24,25)15-9-7-14(3)8-10-15/h7-13,16-19H,1-6H3/t16-,17+,18-,19-/m1/s1. The third-order valence-electron chi connectivity index (χ3n) is 5.34. The molecule has 0 saturated carbocycles. The number of nitrogens with zero attached hydrogens (tertiary/aromatic N) is 1. The minimum Gasteiger partial charge on any atom is -0.444 e. The van der Waals surface area contributed by atoms with Crippen LogP contribution in [0.2, 0.25) is 0 Å². The van der Waals surface area contributed by atoms with Crippen molar-refractivity contribution in [1.29, 1.82) is 0 Å². The van der Waals surface area contributed by atoms with E-state index >= 15 is 0 Å². The minimum absolute atomic E-state index is 0.111. The number of carbonyl (C=O) groups excluding carboxylic acids is 1. The van der Waals surface area contributed by atoms with Crippen molar-refractivity contribution in [2.45, 2.75) is 69.4 Å². The number of aryl methyl sites for hydroxylation is 1. The monoisotopic (exact) mass is 391 g/mol. The highest BCUT2D eigenvalue weighted by molar-refractivity contribution is 7.92. The number of carbonyl (C=O) groups is 1. The molecule has 0 aliphatic carbocycles. The molecule has 2 aliphatic heterocycles. The Labute approximate surface area is 162 Å². The van der Waals surface area contributed by atoms with Crippen molar-refractivity contribution in [1.82, 2.24) is 4.90 Å². The molecule has 2 bridgehead atoms. The molecule has 1 aromatic carbocycles. The summed E-state index contributed by atoms with van der Waals surface area (Å²) in [7, 11) is -3.59. The summed E-state index contributed by atoms with van der Waals surface area (Å²) in [6.45, 7) is 11.4. The van der Waals surface area contributed by atoms with Gasteiger partial charge in [0.15, 0.2) is 9.84 Å². The van der Waals surface area contributed by atoms with Crippen molar-refractivity contribution in [3.05, 3.63) is 42.0 Å². The maximum atomic E-state index is 13.5. The van der Waals surface area contributed by atoms with Gasteiger partial charge in [-0.25, -0.2) is 13.2 Å². The molecular weight excluding hydrogens is 362 g/mol. The Morgan fingerprint density at radius 3 is 2.15 bits per heavy atom. The van der Waals surface area contributed by atoms with Gasteiger partial charge >= 0.3 is 6.09 Å². The summed E-state index contributed by atoms with van der Waals surface area (Å²) in [6, 6.07) is 6.20. The van der Waals surface area contributed by atoms with Crippen molar-refractivity contribution in [2.24, 2.45) is 11.8 Å². The molecule has 1 fully saturated rings. The Balaban J connectivity index is 2.01. The Morgan fingerprint density at radius 2 is 1.63 bits per heavy atom. The first-order valence-electron chi connectivity index (χ1n) is 9.43. The fourth-order valence-electron chi connectivity index (χ4n) is 4.22. The lowest BCUT2D eigenvalue weighted by Crippen LogP contribution is -2.43. The zero-order valence-corrected chi connectivity index (χ0v) is 17.7. The van der Waals surface area contributed by atoms with Crippen LogP contribution in [0.4, 0.5) is 4.79 Å². The molecule has 1 amide bonds. The molecule has 2 heterocycles. The van der Waals surface area contributed by atoms with Gasteiger partial charge in [-0.05, 0) is 45.7 Å². The molecule has 27 heavy (non-hydrogen) atoms. The van der Waals surface area contributed by atoms with Crippen molar-refractivity contribution in [3.8, 4) is 0 Å². The van der Waals surface area contributed by atoms with E-state index in [9.17, 15) is 13.2 Å². The highest BCUT2D eigenvalue weighted by Crippen LogP contribution is 2.46. The molecule has 148 valence electrons. The molecule has 0 unspecified atom stereocenters. The van der Waals surface area contributed by atoms with Crippen LogP contribution in [0, 0.1) is 18.8 Å². The van der Waals surface area contributed by atoms with Gasteiger partial charge in [0.1, 0.15) is 5.60 Å². The van der Waals surface area contributed by atoms with E-state index in [-0.39, 0.29) is 17.9 Å². The summed E-state index contributed by atoms with van der Waals surface area (Å²) < 4.78 is 32.5. The summed E-state index contributed by atoms with van der Waals surface area (Å²) in [5.74, 6) is -0.0565. The maximum absolute atomic E-state index is 13.5. The van der Waals surface area contributed by atoms with Gasteiger partial charge in [0.05, 0.1) is 22.2 Å². The van der Waals surface area contributed by atoms with Gasteiger partial charge < -0.3 is 4.74 Å². The SMILES string of the molecule is Cc1ccc(S(=O)(=O)[C@H]2[C@H](C(C)C)[C@H]3C=C[C@@H]2N3C(=O)OC(C)(C)C)cc1. The van der Waals surface area contributed by atoms with E-state index in [1.165, 1.54) is 0 Å². The molecule has 0 aromatic heterocycles. The van der Waals surface area contributed by atoms with Crippen LogP contribution in [-0.2, 0) is 14.6 Å². The second kappa shape index (κ2) is 6.66. The van der Waals surface area contributed by atoms with Crippen LogP contribution in [-0.4, -0.2) is 42.3 Å². The number of amides is 1. The summed E-state index contributed by atoms with van der Waals surface area (Å²) in [6.07, 6.45) is 3.36. The topological polar surface area (TPSA) is 63.7 Å². The Morgan fingerprint density at radius 1 is 1.07 bits per heavy atom. The highest BCUT2D eigenvalue weighted by atomic mass is 32.2. The van der Waals surface area contributed by atoms with Crippen LogP contribution < -0.4 is 0 Å². The summed E-state index contributed by atoms with van der Waals surface area (Å²) >= 11 is 0. The van der Waals surface area contributed by atoms with Gasteiger partial charge in [-0.1, -0.05) is 43.7 Å². The number of rotatable bonds is 3. The van der Waals surface area contributed by atoms with E-state index < -0.39 is 32.8 Å². The molecule has 1 aromatic rings. The second-order valence-corrected chi connectivity index (χ2v) is 11.0. The zero-order valence-electron chi connectivity index (χ0n) is 16.8. The van der Waals surface area contributed by atoms with Crippen LogP contribution in [0.5, 0.6) is 0 Å². The first-order valence-corrected chi connectivity index (χ1v) is 11.0. The third kappa shape index (κ3) is 3.51. The van der Waals surface area contributed by atoms with Gasteiger partial charge in [0.25, 0.3) is 0 Å². The van der Waals surface area contributed by atoms with E-state index in [1.54, 1.807) is 17.0 Å². The van der Waals surface area contributed by atoms with Gasteiger partial charge in [-0.2, -0.15) is 0 Å². The number of benzene rings is 1. The van der Waals surface area contributed by atoms with Crippen molar-refractivity contribution < 1.29 is 17.9 Å². The first kappa shape index (κ1) is 19.9. The maximum Gasteiger partial charge on any atom is 0.411 e. The van der Waals surface area contributed by atoms with Crippen LogP contribution in [0.1, 0.15) is 40.2 Å². The molecule has 2 aliphatic rings. The van der Waals surface area contributed by atoms with E-state index in [0.717, 1.165) is 5.56 Å². The molecule has 0 N–H and O–H groups in total. The number of fused-ring (bicyclic) bond motifs is 2. The minimum atomic E-state index is -3.59. The molecule has 1 saturated heterocycles. The van der Waals surface area contributed by atoms with Crippen LogP contribution >= 0.6 is 0 Å². The van der Waals surface area contributed by atoms with Gasteiger partial charge in [0, 0.05) is 5.92 Å². The van der Waals surface area contributed by atoms with E-state index in [0.29, 0.717) is 4.90 Å². The molecular formula is C21H29NO4S. The number of sulfone groups is 1. The fraction of sp³-hybridized carbons (Fsp3) is 0.571. The lowest BCUT2D eigenvalue weighted by Gasteiger charge is -2.29. The predicted molar refractivity (Wildman–Crippen MR) is 105 cm³/mol. The average molecular weight is 392 g/mol. The van der Waals surface area contributed by atoms with Gasteiger partial charge in [0.2, 0.25) is 0 Å². The Kier molecular flexibility index (Phi) is 4.91. The molecule has 4 atom stereocenters. The van der Waals surface area contributed by atoms with E-state index in [4.69, 9.17) is 4.74 Å². The number of hydrogen-bond donors (Lipinski definition) is 0. The largest absolute Gasteiger partial charge is 0.444 e. The van der Waals surface area contributed by atoms with Gasteiger partial charge in [-0.3, -0.25) is 4.90 Å². The third-order valence-corrected chi connectivity index (χ3v) is 7.58. The average Bonchev–Trinajstić information content (AvgIpc) is 3.09. The van der Waals surface area contributed by atoms with Crippen LogP contribution in [0.15, 0.2) is 41.3 Å². The quantitative estimate of drug-likeness (QED) is 0.732. The molecule has 3 rings (SSSR count). The van der Waals surface area contributed by atoms with E-state index in [2.05, 4.69) is 0 Å². The summed E-state index contributed by atoms with van der Waals surface area (Å²) in [4.78, 5) is 14.7.